The Hall–Kier alpha value is -0.480. The fraction of sp³-hybridized carbons (Fsp3) is 0.727. The summed E-state index contributed by atoms with van der Waals surface area (Å²) < 4.78 is 2.26. The molecule has 84 valence electrons. The van der Waals surface area contributed by atoms with Gasteiger partial charge in [0.25, 0.3) is 0 Å². The second-order valence-corrected chi connectivity index (χ2v) is 5.46. The monoisotopic (exact) mass is 225 g/mol. The van der Waals surface area contributed by atoms with Gasteiger partial charge in [0.2, 0.25) is 0 Å². The number of hydrogen-bond acceptors (Lipinski definition) is 3. The van der Waals surface area contributed by atoms with Crippen molar-refractivity contribution in [3.8, 4) is 0 Å². The molecule has 0 unspecified atom stereocenters. The largest absolute Gasteiger partial charge is 0.331 e. The maximum atomic E-state index is 4.21. The third-order valence-electron chi connectivity index (χ3n) is 2.77. The molecule has 0 amide bonds. The topological polar surface area (TPSA) is 29.9 Å². The highest BCUT2D eigenvalue weighted by Crippen LogP contribution is 2.19. The molecule has 1 saturated heterocycles. The van der Waals surface area contributed by atoms with E-state index >= 15 is 0 Å². The molecule has 0 aliphatic carbocycles. The number of imidazole rings is 1. The van der Waals surface area contributed by atoms with Gasteiger partial charge in [0.1, 0.15) is 0 Å². The van der Waals surface area contributed by atoms with Crippen LogP contribution >= 0.6 is 11.8 Å². The number of nitrogens with zero attached hydrogens (tertiary/aromatic N) is 2. The lowest BCUT2D eigenvalue weighted by atomic mass is 10.1. The van der Waals surface area contributed by atoms with Crippen LogP contribution in [-0.4, -0.2) is 28.4 Å². The highest BCUT2D eigenvalue weighted by atomic mass is 32.2. The van der Waals surface area contributed by atoms with Crippen molar-refractivity contribution in [3.05, 3.63) is 18.2 Å². The first-order chi connectivity index (χ1) is 7.27. The van der Waals surface area contributed by atoms with Crippen LogP contribution in [0.4, 0.5) is 0 Å². The van der Waals surface area contributed by atoms with Crippen LogP contribution in [0.15, 0.2) is 12.5 Å². The van der Waals surface area contributed by atoms with E-state index in [0.717, 1.165) is 11.7 Å². The number of nitrogens with one attached hydrogen (secondary N) is 1. The van der Waals surface area contributed by atoms with Crippen LogP contribution in [-0.2, 0) is 5.75 Å². The molecule has 1 aromatic heterocycles. The Kier molecular flexibility index (Phi) is 3.70. The van der Waals surface area contributed by atoms with E-state index in [-0.39, 0.29) is 0 Å². The van der Waals surface area contributed by atoms with Crippen LogP contribution in [0, 0.1) is 5.92 Å². The summed E-state index contributed by atoms with van der Waals surface area (Å²) in [6, 6.07) is 0.522. The predicted octanol–water partition coefficient (Wildman–Crippen LogP) is 1.92. The first-order valence-electron chi connectivity index (χ1n) is 5.56. The fourth-order valence-electron chi connectivity index (χ4n) is 1.71. The number of aromatic nitrogens is 2. The molecule has 0 aromatic carbocycles. The third kappa shape index (κ3) is 2.75. The van der Waals surface area contributed by atoms with Crippen molar-refractivity contribution < 1.29 is 0 Å². The van der Waals surface area contributed by atoms with Crippen molar-refractivity contribution in [3.63, 3.8) is 0 Å². The molecule has 1 N–H and O–H groups in total. The van der Waals surface area contributed by atoms with Crippen LogP contribution < -0.4 is 5.32 Å². The maximum absolute atomic E-state index is 4.21. The highest BCUT2D eigenvalue weighted by molar-refractivity contribution is 7.98. The Labute approximate surface area is 95.7 Å². The molecular weight excluding hydrogens is 206 g/mol. The summed E-state index contributed by atoms with van der Waals surface area (Å²) in [5.41, 5.74) is 1.35. The SMILES string of the molecule is CC(C)n1cncc1CSCC1CNC1. The molecule has 1 aliphatic rings. The molecule has 0 bridgehead atoms. The van der Waals surface area contributed by atoms with E-state index in [1.807, 2.05) is 24.3 Å². The van der Waals surface area contributed by atoms with Crippen molar-refractivity contribution in [2.75, 3.05) is 18.8 Å². The Bertz CT molecular complexity index is 305. The summed E-state index contributed by atoms with van der Waals surface area (Å²) in [5.74, 6) is 3.26. The van der Waals surface area contributed by atoms with Crippen LogP contribution in [0.3, 0.4) is 0 Å². The van der Waals surface area contributed by atoms with E-state index in [2.05, 4.69) is 28.7 Å². The number of thioether (sulfide) groups is 1. The molecule has 0 saturated carbocycles. The smallest absolute Gasteiger partial charge is 0.0950 e. The first-order valence-corrected chi connectivity index (χ1v) is 6.72. The Morgan fingerprint density at radius 1 is 1.60 bits per heavy atom. The van der Waals surface area contributed by atoms with Crippen molar-refractivity contribution in [1.82, 2.24) is 14.9 Å². The zero-order valence-corrected chi connectivity index (χ0v) is 10.3. The summed E-state index contributed by atoms with van der Waals surface area (Å²) in [6.45, 7) is 6.81. The first kappa shape index (κ1) is 11.0. The van der Waals surface area contributed by atoms with Gasteiger partial charge in [-0.2, -0.15) is 11.8 Å². The van der Waals surface area contributed by atoms with Gasteiger partial charge in [0, 0.05) is 23.7 Å². The van der Waals surface area contributed by atoms with Crippen LogP contribution in [0.5, 0.6) is 0 Å². The zero-order valence-electron chi connectivity index (χ0n) is 9.44. The van der Waals surface area contributed by atoms with Crippen molar-refractivity contribution in [2.45, 2.75) is 25.6 Å². The molecule has 2 heterocycles. The van der Waals surface area contributed by atoms with Crippen molar-refractivity contribution in [1.29, 1.82) is 0 Å². The van der Waals surface area contributed by atoms with Crippen LogP contribution in [0.1, 0.15) is 25.6 Å². The third-order valence-corrected chi connectivity index (χ3v) is 3.98. The van der Waals surface area contributed by atoms with Crippen molar-refractivity contribution in [2.24, 2.45) is 5.92 Å². The van der Waals surface area contributed by atoms with Crippen LogP contribution in [0.25, 0.3) is 0 Å². The van der Waals surface area contributed by atoms with Gasteiger partial charge in [0.15, 0.2) is 0 Å². The molecular formula is C11H19N3S. The summed E-state index contributed by atoms with van der Waals surface area (Å²) in [5, 5.41) is 3.30. The van der Waals surface area contributed by atoms with Crippen molar-refractivity contribution >= 4 is 11.8 Å². The summed E-state index contributed by atoms with van der Waals surface area (Å²) in [6.07, 6.45) is 3.93. The van der Waals surface area contributed by atoms with Gasteiger partial charge in [-0.25, -0.2) is 4.98 Å². The average molecular weight is 225 g/mol. The number of rotatable bonds is 5. The molecule has 1 aromatic rings. The Morgan fingerprint density at radius 2 is 2.40 bits per heavy atom. The van der Waals surface area contributed by atoms with E-state index in [1.165, 1.54) is 24.5 Å². The minimum Gasteiger partial charge on any atom is -0.331 e. The van der Waals surface area contributed by atoms with E-state index in [0.29, 0.717) is 6.04 Å². The van der Waals surface area contributed by atoms with Gasteiger partial charge < -0.3 is 9.88 Å². The molecule has 0 atom stereocenters. The minimum absolute atomic E-state index is 0.522. The highest BCUT2D eigenvalue weighted by Gasteiger charge is 2.16. The van der Waals surface area contributed by atoms with Gasteiger partial charge in [-0.3, -0.25) is 0 Å². The lowest BCUT2D eigenvalue weighted by Gasteiger charge is -2.26. The second kappa shape index (κ2) is 5.03. The molecule has 1 fully saturated rings. The fourth-order valence-corrected chi connectivity index (χ4v) is 2.82. The molecule has 15 heavy (non-hydrogen) atoms. The van der Waals surface area contributed by atoms with Gasteiger partial charge in [-0.05, 0) is 38.6 Å². The van der Waals surface area contributed by atoms with E-state index in [1.54, 1.807) is 0 Å². The Balaban J connectivity index is 1.79. The molecule has 0 radical (unpaired) electrons. The molecule has 4 heteroatoms. The van der Waals surface area contributed by atoms with E-state index in [4.69, 9.17) is 0 Å². The quantitative estimate of drug-likeness (QED) is 0.830. The van der Waals surface area contributed by atoms with Gasteiger partial charge in [-0.15, -0.1) is 0 Å². The minimum atomic E-state index is 0.522. The molecule has 2 rings (SSSR count). The molecule has 1 aliphatic heterocycles. The lowest BCUT2D eigenvalue weighted by molar-refractivity contribution is 0.385. The van der Waals surface area contributed by atoms with Gasteiger partial charge in [0.05, 0.1) is 6.33 Å². The van der Waals surface area contributed by atoms with E-state index in [9.17, 15) is 0 Å². The standard InChI is InChI=1S/C11H19N3S/c1-9(2)14-8-13-5-11(14)7-15-6-10-3-12-4-10/h5,8-10,12H,3-4,6-7H2,1-2H3. The summed E-state index contributed by atoms with van der Waals surface area (Å²) >= 11 is 2.03. The number of hydrogen-bond donors (Lipinski definition) is 1. The average Bonchev–Trinajstić information content (AvgIpc) is 2.57. The summed E-state index contributed by atoms with van der Waals surface area (Å²) in [4.78, 5) is 4.21. The zero-order chi connectivity index (χ0) is 10.7. The van der Waals surface area contributed by atoms with Gasteiger partial charge >= 0.3 is 0 Å². The maximum Gasteiger partial charge on any atom is 0.0950 e. The molecule has 3 nitrogen and oxygen atoms in total. The van der Waals surface area contributed by atoms with E-state index < -0.39 is 0 Å². The second-order valence-electron chi connectivity index (χ2n) is 4.43. The summed E-state index contributed by atoms with van der Waals surface area (Å²) in [7, 11) is 0. The molecule has 0 spiro atoms. The lowest BCUT2D eigenvalue weighted by Crippen LogP contribution is -2.43. The Morgan fingerprint density at radius 3 is 3.00 bits per heavy atom. The normalized spacial score (nSPS) is 17.0. The predicted molar refractivity (Wildman–Crippen MR) is 65.1 cm³/mol. The van der Waals surface area contributed by atoms with Crippen LogP contribution in [0.2, 0.25) is 0 Å². The van der Waals surface area contributed by atoms with Gasteiger partial charge in [-0.1, -0.05) is 0 Å².